The lowest BCUT2D eigenvalue weighted by Crippen LogP contribution is -2.21. The topological polar surface area (TPSA) is 9.23 Å². The molecule has 1 fully saturated rings. The lowest BCUT2D eigenvalue weighted by molar-refractivity contribution is 0.324. The van der Waals surface area contributed by atoms with E-state index in [9.17, 15) is 0 Å². The summed E-state index contributed by atoms with van der Waals surface area (Å²) in [5, 5.41) is 1.94. The number of halogens is 2. The molecule has 0 unspecified atom stereocenters. The molecular formula is C15H18BrClO. The van der Waals surface area contributed by atoms with Gasteiger partial charge in [0.25, 0.3) is 0 Å². The number of hydrogen-bond donors (Lipinski definition) is 0. The normalized spacial score (nSPS) is 20.8. The Bertz CT molecular complexity index is 452. The minimum atomic E-state index is 0.421. The van der Waals surface area contributed by atoms with Crippen LogP contribution in [0, 0.1) is 5.41 Å². The Balaban J connectivity index is 1.92. The van der Waals surface area contributed by atoms with Gasteiger partial charge in [-0.15, -0.1) is 0 Å². The summed E-state index contributed by atoms with van der Waals surface area (Å²) in [4.78, 5) is 0. The molecule has 1 saturated carbocycles. The predicted molar refractivity (Wildman–Crippen MR) is 79.1 cm³/mol. The fourth-order valence-corrected chi connectivity index (χ4v) is 4.39. The summed E-state index contributed by atoms with van der Waals surface area (Å²) >= 11 is 9.95. The van der Waals surface area contributed by atoms with Crippen molar-refractivity contribution in [2.75, 3.05) is 11.9 Å². The first-order chi connectivity index (χ1) is 8.72. The van der Waals surface area contributed by atoms with E-state index in [-0.39, 0.29) is 0 Å². The second kappa shape index (κ2) is 5.05. The molecule has 0 N–H and O–H groups in total. The van der Waals surface area contributed by atoms with Crippen LogP contribution in [-0.4, -0.2) is 11.9 Å². The van der Waals surface area contributed by atoms with E-state index >= 15 is 0 Å². The predicted octanol–water partition coefficient (Wildman–Crippen LogP) is 4.77. The molecule has 98 valence electrons. The van der Waals surface area contributed by atoms with Crippen LogP contribution in [0.25, 0.3) is 0 Å². The van der Waals surface area contributed by atoms with Crippen molar-refractivity contribution in [2.45, 2.75) is 38.5 Å². The average Bonchev–Trinajstić information content (AvgIpc) is 2.98. The van der Waals surface area contributed by atoms with Gasteiger partial charge >= 0.3 is 0 Å². The standard InChI is InChI=1S/C15H18BrClO/c16-10-15(4-1-2-5-15)9-12-8-13(17)7-11-3-6-18-14(11)12/h7-8H,1-6,9-10H2. The van der Waals surface area contributed by atoms with Crippen molar-refractivity contribution < 1.29 is 4.74 Å². The molecule has 0 aromatic heterocycles. The van der Waals surface area contributed by atoms with Crippen LogP contribution in [0.4, 0.5) is 0 Å². The van der Waals surface area contributed by atoms with Crippen LogP contribution >= 0.6 is 27.5 Å². The fourth-order valence-electron chi connectivity index (χ4n) is 3.36. The van der Waals surface area contributed by atoms with E-state index in [0.29, 0.717) is 5.41 Å². The maximum absolute atomic E-state index is 6.24. The molecule has 0 amide bonds. The Morgan fingerprint density at radius 1 is 1.28 bits per heavy atom. The Morgan fingerprint density at radius 2 is 2.06 bits per heavy atom. The fraction of sp³-hybridized carbons (Fsp3) is 0.600. The van der Waals surface area contributed by atoms with Crippen LogP contribution in [0.3, 0.4) is 0 Å². The molecule has 1 aromatic rings. The molecule has 3 heteroatoms. The van der Waals surface area contributed by atoms with Gasteiger partial charge in [0.1, 0.15) is 5.75 Å². The maximum Gasteiger partial charge on any atom is 0.125 e. The molecule has 0 spiro atoms. The van der Waals surface area contributed by atoms with Crippen LogP contribution in [0.15, 0.2) is 12.1 Å². The summed E-state index contributed by atoms with van der Waals surface area (Å²) in [6.45, 7) is 0.810. The van der Waals surface area contributed by atoms with Crippen molar-refractivity contribution in [3.05, 3.63) is 28.3 Å². The van der Waals surface area contributed by atoms with Crippen LogP contribution in [-0.2, 0) is 12.8 Å². The summed E-state index contributed by atoms with van der Waals surface area (Å²) in [7, 11) is 0. The minimum Gasteiger partial charge on any atom is -0.493 e. The molecule has 0 radical (unpaired) electrons. The molecule has 1 aliphatic carbocycles. The third-order valence-corrected chi connectivity index (χ3v) is 5.75. The molecule has 18 heavy (non-hydrogen) atoms. The van der Waals surface area contributed by atoms with E-state index in [2.05, 4.69) is 28.1 Å². The number of rotatable bonds is 3. The Morgan fingerprint density at radius 3 is 2.78 bits per heavy atom. The first-order valence-corrected chi connectivity index (χ1v) is 8.22. The zero-order valence-electron chi connectivity index (χ0n) is 10.5. The van der Waals surface area contributed by atoms with E-state index in [4.69, 9.17) is 16.3 Å². The van der Waals surface area contributed by atoms with Crippen molar-refractivity contribution in [3.63, 3.8) is 0 Å². The smallest absolute Gasteiger partial charge is 0.125 e. The molecule has 0 saturated heterocycles. The zero-order valence-corrected chi connectivity index (χ0v) is 12.8. The van der Waals surface area contributed by atoms with Gasteiger partial charge in [0.05, 0.1) is 6.61 Å². The monoisotopic (exact) mass is 328 g/mol. The van der Waals surface area contributed by atoms with Gasteiger partial charge in [0.2, 0.25) is 0 Å². The average molecular weight is 330 g/mol. The lowest BCUT2D eigenvalue weighted by Gasteiger charge is -2.27. The van der Waals surface area contributed by atoms with Crippen molar-refractivity contribution in [2.24, 2.45) is 5.41 Å². The largest absolute Gasteiger partial charge is 0.493 e. The summed E-state index contributed by atoms with van der Waals surface area (Å²) in [5.41, 5.74) is 3.03. The lowest BCUT2D eigenvalue weighted by atomic mass is 9.81. The molecule has 2 aliphatic rings. The van der Waals surface area contributed by atoms with Gasteiger partial charge in [-0.3, -0.25) is 0 Å². The van der Waals surface area contributed by atoms with Gasteiger partial charge in [-0.2, -0.15) is 0 Å². The summed E-state index contributed by atoms with van der Waals surface area (Å²) in [5.74, 6) is 1.12. The summed E-state index contributed by atoms with van der Waals surface area (Å²) in [6.07, 6.45) is 7.45. The summed E-state index contributed by atoms with van der Waals surface area (Å²) in [6, 6.07) is 4.16. The third kappa shape index (κ3) is 2.30. The quantitative estimate of drug-likeness (QED) is 0.726. The molecule has 0 atom stereocenters. The van der Waals surface area contributed by atoms with Gasteiger partial charge in [0.15, 0.2) is 0 Å². The van der Waals surface area contributed by atoms with Crippen molar-refractivity contribution >= 4 is 27.5 Å². The van der Waals surface area contributed by atoms with Crippen LogP contribution < -0.4 is 4.74 Å². The van der Waals surface area contributed by atoms with Crippen molar-refractivity contribution in [1.29, 1.82) is 0 Å². The molecular weight excluding hydrogens is 312 g/mol. The van der Waals surface area contributed by atoms with Gasteiger partial charge in [0, 0.05) is 16.8 Å². The molecule has 1 heterocycles. The number of alkyl halides is 1. The molecule has 3 rings (SSSR count). The molecule has 1 aromatic carbocycles. The first-order valence-electron chi connectivity index (χ1n) is 6.73. The van der Waals surface area contributed by atoms with Gasteiger partial charge < -0.3 is 4.74 Å². The van der Waals surface area contributed by atoms with Gasteiger partial charge in [-0.05, 0) is 47.9 Å². The molecule has 1 nitrogen and oxygen atoms in total. The number of fused-ring (bicyclic) bond motifs is 1. The molecule has 0 bridgehead atoms. The SMILES string of the molecule is Clc1cc2c(c(CC3(CBr)CCCC3)c1)OCC2. The van der Waals surface area contributed by atoms with E-state index in [1.54, 1.807) is 0 Å². The minimum absolute atomic E-state index is 0.421. The number of benzene rings is 1. The van der Waals surface area contributed by atoms with E-state index in [0.717, 1.165) is 35.6 Å². The number of ether oxygens (including phenoxy) is 1. The van der Waals surface area contributed by atoms with Crippen LogP contribution in [0.5, 0.6) is 5.75 Å². The van der Waals surface area contributed by atoms with Gasteiger partial charge in [-0.1, -0.05) is 40.4 Å². The van der Waals surface area contributed by atoms with Crippen molar-refractivity contribution in [1.82, 2.24) is 0 Å². The summed E-state index contributed by atoms with van der Waals surface area (Å²) < 4.78 is 5.81. The van der Waals surface area contributed by atoms with E-state index in [1.807, 2.05) is 0 Å². The van der Waals surface area contributed by atoms with E-state index in [1.165, 1.54) is 36.8 Å². The van der Waals surface area contributed by atoms with Crippen LogP contribution in [0.1, 0.15) is 36.8 Å². The van der Waals surface area contributed by atoms with Gasteiger partial charge in [-0.25, -0.2) is 0 Å². The highest BCUT2D eigenvalue weighted by Crippen LogP contribution is 2.45. The molecule has 1 aliphatic heterocycles. The Hall–Kier alpha value is -0.210. The number of hydrogen-bond acceptors (Lipinski definition) is 1. The second-order valence-electron chi connectivity index (χ2n) is 5.67. The second-order valence-corrected chi connectivity index (χ2v) is 6.67. The third-order valence-electron chi connectivity index (χ3n) is 4.34. The Labute approximate surface area is 122 Å². The zero-order chi connectivity index (χ0) is 12.6. The first kappa shape index (κ1) is 12.8. The highest BCUT2D eigenvalue weighted by Gasteiger charge is 2.34. The maximum atomic E-state index is 6.24. The highest BCUT2D eigenvalue weighted by molar-refractivity contribution is 9.09. The Kier molecular flexibility index (Phi) is 3.59. The highest BCUT2D eigenvalue weighted by atomic mass is 79.9. The van der Waals surface area contributed by atoms with Crippen molar-refractivity contribution in [3.8, 4) is 5.75 Å². The van der Waals surface area contributed by atoms with E-state index < -0.39 is 0 Å². The van der Waals surface area contributed by atoms with Crippen LogP contribution in [0.2, 0.25) is 5.02 Å².